The van der Waals surface area contributed by atoms with Crippen LogP contribution in [0.2, 0.25) is 5.15 Å². The Morgan fingerprint density at radius 2 is 1.97 bits per heavy atom. The van der Waals surface area contributed by atoms with Crippen LogP contribution in [-0.2, 0) is 10.0 Å². The van der Waals surface area contributed by atoms with Gasteiger partial charge >= 0.3 is 0 Å². The van der Waals surface area contributed by atoms with Gasteiger partial charge in [0, 0.05) is 11.5 Å². The van der Waals surface area contributed by atoms with Crippen LogP contribution in [0.1, 0.15) is 0 Å². The second kappa shape index (κ2) is 8.29. The van der Waals surface area contributed by atoms with Crippen LogP contribution in [0.15, 0.2) is 41.3 Å². The Morgan fingerprint density at radius 1 is 1.21 bits per heavy atom. The Labute approximate surface area is 168 Å². The zero-order valence-corrected chi connectivity index (χ0v) is 16.3. The number of hydrogen-bond acceptors (Lipinski definition) is 6. The molecule has 0 atom stereocenters. The number of aromatic nitrogens is 2. The van der Waals surface area contributed by atoms with Gasteiger partial charge in [0.25, 0.3) is 22.3 Å². The number of rotatable bonds is 7. The summed E-state index contributed by atoms with van der Waals surface area (Å²) >= 11 is 5.82. The van der Waals surface area contributed by atoms with E-state index in [1.807, 2.05) is 4.72 Å². The van der Waals surface area contributed by atoms with Gasteiger partial charge in [-0.1, -0.05) is 17.7 Å². The highest BCUT2D eigenvalue weighted by molar-refractivity contribution is 7.93. The van der Waals surface area contributed by atoms with Crippen LogP contribution in [0.25, 0.3) is 10.9 Å². The molecule has 0 unspecified atom stereocenters. The predicted octanol–water partition coefficient (Wildman–Crippen LogP) is 3.88. The van der Waals surface area contributed by atoms with Crippen LogP contribution in [0.5, 0.6) is 11.6 Å². The van der Waals surface area contributed by atoms with Gasteiger partial charge in [0.15, 0.2) is 17.4 Å². The van der Waals surface area contributed by atoms with E-state index in [0.29, 0.717) is 11.6 Å². The van der Waals surface area contributed by atoms with E-state index in [2.05, 4.69) is 9.97 Å². The van der Waals surface area contributed by atoms with Crippen molar-refractivity contribution in [3.8, 4) is 11.6 Å². The number of hydrogen-bond donors (Lipinski definition) is 1. The lowest BCUT2D eigenvalue weighted by atomic mass is 10.2. The zero-order chi connectivity index (χ0) is 21.2. The fourth-order valence-corrected chi connectivity index (χ4v) is 3.83. The molecule has 2 heterocycles. The minimum absolute atomic E-state index is 0.178. The van der Waals surface area contributed by atoms with Gasteiger partial charge in [-0.2, -0.15) is 4.98 Å². The smallest absolute Gasteiger partial charge is 0.272 e. The van der Waals surface area contributed by atoms with Crippen LogP contribution < -0.4 is 14.2 Å². The van der Waals surface area contributed by atoms with Crippen LogP contribution in [-0.4, -0.2) is 38.5 Å². The Hall–Kier alpha value is -2.79. The Balaban J connectivity index is 1.99. The van der Waals surface area contributed by atoms with Gasteiger partial charge in [-0.05, 0) is 24.3 Å². The van der Waals surface area contributed by atoms with Crippen LogP contribution >= 0.6 is 11.6 Å². The first-order valence-corrected chi connectivity index (χ1v) is 9.81. The average molecular weight is 448 g/mol. The fourth-order valence-electron chi connectivity index (χ4n) is 2.45. The Bertz CT molecular complexity index is 1160. The summed E-state index contributed by atoms with van der Waals surface area (Å²) in [5.41, 5.74) is 0.321. The Morgan fingerprint density at radius 3 is 2.66 bits per heavy atom. The molecule has 0 saturated heterocycles. The summed E-state index contributed by atoms with van der Waals surface area (Å²) in [4.78, 5) is 7.53. The van der Waals surface area contributed by atoms with Gasteiger partial charge in [0.2, 0.25) is 0 Å². The quantitative estimate of drug-likeness (QED) is 0.553. The van der Waals surface area contributed by atoms with Gasteiger partial charge < -0.3 is 9.47 Å². The van der Waals surface area contributed by atoms with Gasteiger partial charge in [-0.25, -0.2) is 26.6 Å². The van der Waals surface area contributed by atoms with Crippen LogP contribution in [0.4, 0.5) is 19.0 Å². The second-order valence-electron chi connectivity index (χ2n) is 5.59. The third-order valence-electron chi connectivity index (χ3n) is 3.64. The summed E-state index contributed by atoms with van der Waals surface area (Å²) in [6, 6.07) is 7.90. The molecule has 29 heavy (non-hydrogen) atoms. The first-order valence-electron chi connectivity index (χ1n) is 7.95. The SMILES string of the molecule is COc1nc(NS(=O)(=O)c2cccc3nc(Cl)ccc23)c(F)cc1OCC(F)F. The third-order valence-corrected chi connectivity index (χ3v) is 5.25. The van der Waals surface area contributed by atoms with Crippen molar-refractivity contribution in [3.63, 3.8) is 0 Å². The molecule has 0 aliphatic heterocycles. The molecule has 12 heteroatoms. The van der Waals surface area contributed by atoms with E-state index < -0.39 is 40.4 Å². The predicted molar refractivity (Wildman–Crippen MR) is 99.8 cm³/mol. The number of methoxy groups -OCH3 is 1. The van der Waals surface area contributed by atoms with Crippen molar-refractivity contribution in [2.75, 3.05) is 18.4 Å². The standard InChI is InChI=1S/C17H13ClF3N3O4S/c1-27-17-12(28-8-15(20)21)7-10(19)16(23-17)24-29(25,26)13-4-2-3-11-9(13)5-6-14(18)22-11/h2-7,15H,8H2,1H3,(H,23,24). The van der Waals surface area contributed by atoms with Gasteiger partial charge in [0.05, 0.1) is 17.5 Å². The lowest BCUT2D eigenvalue weighted by molar-refractivity contribution is 0.0799. The van der Waals surface area contributed by atoms with E-state index in [0.717, 1.165) is 7.11 Å². The number of halogens is 4. The first kappa shape index (κ1) is 20.9. The van der Waals surface area contributed by atoms with Crippen molar-refractivity contribution < 1.29 is 31.1 Å². The van der Waals surface area contributed by atoms with Crippen molar-refractivity contribution >= 4 is 38.3 Å². The maximum Gasteiger partial charge on any atom is 0.272 e. The van der Waals surface area contributed by atoms with E-state index in [9.17, 15) is 21.6 Å². The van der Waals surface area contributed by atoms with E-state index >= 15 is 0 Å². The molecule has 2 aromatic heterocycles. The first-order chi connectivity index (χ1) is 13.7. The number of anilines is 1. The monoisotopic (exact) mass is 447 g/mol. The molecule has 0 bridgehead atoms. The number of pyridine rings is 2. The molecule has 1 N–H and O–H groups in total. The molecule has 0 saturated carbocycles. The lowest BCUT2D eigenvalue weighted by Gasteiger charge is -2.14. The van der Waals surface area contributed by atoms with E-state index in [1.54, 1.807) is 6.07 Å². The minimum Gasteiger partial charge on any atom is -0.482 e. The fraction of sp³-hybridized carbons (Fsp3) is 0.176. The number of ether oxygens (including phenoxy) is 2. The summed E-state index contributed by atoms with van der Waals surface area (Å²) in [6.07, 6.45) is -2.80. The number of nitrogens with zero attached hydrogens (tertiary/aromatic N) is 2. The topological polar surface area (TPSA) is 90.4 Å². The van der Waals surface area contributed by atoms with Gasteiger partial charge in [-0.3, -0.25) is 4.72 Å². The molecule has 0 amide bonds. The summed E-state index contributed by atoms with van der Waals surface area (Å²) in [5, 5.41) is 0.436. The number of nitrogens with one attached hydrogen (secondary N) is 1. The van der Waals surface area contributed by atoms with Crippen molar-refractivity contribution in [1.82, 2.24) is 9.97 Å². The zero-order valence-electron chi connectivity index (χ0n) is 14.7. The van der Waals surface area contributed by atoms with Crippen LogP contribution in [0, 0.1) is 5.82 Å². The molecule has 1 aromatic carbocycles. The summed E-state index contributed by atoms with van der Waals surface area (Å²) in [6.45, 7) is -1.01. The third kappa shape index (κ3) is 4.62. The van der Waals surface area contributed by atoms with E-state index in [4.69, 9.17) is 21.1 Å². The molecule has 3 rings (SSSR count). The average Bonchev–Trinajstić information content (AvgIpc) is 2.67. The van der Waals surface area contributed by atoms with Crippen molar-refractivity contribution in [2.45, 2.75) is 11.3 Å². The van der Waals surface area contributed by atoms with Crippen LogP contribution in [0.3, 0.4) is 0 Å². The number of sulfonamides is 1. The molecule has 0 aliphatic carbocycles. The summed E-state index contributed by atoms with van der Waals surface area (Å²) in [5.74, 6) is -2.58. The highest BCUT2D eigenvalue weighted by Gasteiger charge is 2.23. The second-order valence-corrected chi connectivity index (χ2v) is 7.63. The highest BCUT2D eigenvalue weighted by Crippen LogP contribution is 2.31. The number of benzene rings is 1. The van der Waals surface area contributed by atoms with Crippen molar-refractivity contribution in [1.29, 1.82) is 0 Å². The molecule has 0 fully saturated rings. The van der Waals surface area contributed by atoms with Gasteiger partial charge in [0.1, 0.15) is 11.8 Å². The molecule has 0 spiro atoms. The summed E-state index contributed by atoms with van der Waals surface area (Å²) in [7, 11) is -3.14. The van der Waals surface area contributed by atoms with Crippen molar-refractivity contribution in [3.05, 3.63) is 47.4 Å². The molecule has 7 nitrogen and oxygen atoms in total. The number of fused-ring (bicyclic) bond motifs is 1. The molecule has 154 valence electrons. The molecular formula is C17H13ClF3N3O4S. The van der Waals surface area contributed by atoms with E-state index in [1.165, 1.54) is 24.3 Å². The maximum absolute atomic E-state index is 14.4. The number of alkyl halides is 2. The largest absolute Gasteiger partial charge is 0.482 e. The minimum atomic E-state index is -4.29. The normalized spacial score (nSPS) is 11.7. The van der Waals surface area contributed by atoms with E-state index in [-0.39, 0.29) is 21.3 Å². The molecular weight excluding hydrogens is 435 g/mol. The molecule has 0 aliphatic rings. The van der Waals surface area contributed by atoms with Crippen molar-refractivity contribution in [2.24, 2.45) is 0 Å². The lowest BCUT2D eigenvalue weighted by Crippen LogP contribution is -2.16. The molecule has 3 aromatic rings. The maximum atomic E-state index is 14.4. The van der Waals surface area contributed by atoms with Gasteiger partial charge in [-0.15, -0.1) is 0 Å². The summed E-state index contributed by atoms with van der Waals surface area (Å²) < 4.78 is 76.2. The highest BCUT2D eigenvalue weighted by atomic mass is 35.5. The Kier molecular flexibility index (Phi) is 5.99. The molecule has 0 radical (unpaired) electrons.